The van der Waals surface area contributed by atoms with Crippen LogP contribution in [0.4, 0.5) is 0 Å². The molecule has 1 unspecified atom stereocenters. The van der Waals surface area contributed by atoms with Crippen LogP contribution in [0.25, 0.3) is 11.5 Å². The van der Waals surface area contributed by atoms with Gasteiger partial charge in [-0.05, 0) is 56.5 Å². The molecular weight excluding hydrogens is 402 g/mol. The molecule has 166 valence electrons. The van der Waals surface area contributed by atoms with Crippen LogP contribution in [0.2, 0.25) is 0 Å². The van der Waals surface area contributed by atoms with Gasteiger partial charge in [-0.2, -0.15) is 0 Å². The van der Waals surface area contributed by atoms with Crippen LogP contribution in [0.15, 0.2) is 59.2 Å². The maximum absolute atomic E-state index is 13.7. The molecule has 1 aliphatic carbocycles. The summed E-state index contributed by atoms with van der Waals surface area (Å²) in [5, 5.41) is 3.24. The lowest BCUT2D eigenvalue weighted by Crippen LogP contribution is -2.64. The average Bonchev–Trinajstić information content (AvgIpc) is 3.54. The van der Waals surface area contributed by atoms with Gasteiger partial charge in [0.15, 0.2) is 0 Å². The van der Waals surface area contributed by atoms with Gasteiger partial charge < -0.3 is 19.2 Å². The van der Waals surface area contributed by atoms with Crippen molar-refractivity contribution in [2.75, 3.05) is 0 Å². The van der Waals surface area contributed by atoms with E-state index in [9.17, 15) is 9.59 Å². The quantitative estimate of drug-likeness (QED) is 0.645. The smallest absolute Gasteiger partial charge is 0.271 e. The summed E-state index contributed by atoms with van der Waals surface area (Å²) in [6.45, 7) is 4.69. The van der Waals surface area contributed by atoms with Gasteiger partial charge in [0.25, 0.3) is 5.91 Å². The Kier molecular flexibility index (Phi) is 5.16. The molecule has 1 aromatic carbocycles. The highest BCUT2D eigenvalue weighted by Gasteiger charge is 2.48. The van der Waals surface area contributed by atoms with E-state index in [1.807, 2.05) is 66.9 Å². The maximum atomic E-state index is 13.7. The summed E-state index contributed by atoms with van der Waals surface area (Å²) in [6.07, 6.45) is 5.89. The number of amides is 2. The Labute approximate surface area is 188 Å². The summed E-state index contributed by atoms with van der Waals surface area (Å²) in [7, 11) is 0. The molecule has 0 radical (unpaired) electrons. The fourth-order valence-electron chi connectivity index (χ4n) is 4.95. The second kappa shape index (κ2) is 8.01. The van der Waals surface area contributed by atoms with Crippen molar-refractivity contribution in [3.8, 4) is 11.5 Å². The molecule has 1 fully saturated rings. The van der Waals surface area contributed by atoms with Crippen molar-refractivity contribution in [2.24, 2.45) is 0 Å². The number of benzene rings is 1. The standard InChI is InChI=1S/C26H29N3O3/c1-18-9-11-19(12-10-18)16-29-24(30)22-14-13-21(23-8-5-15-32-23)28(22)17-26(29,2)25(31)27-20-6-3-4-7-20/h5,8-15,20H,3-4,6-7,16-17H2,1-2H3,(H,27,31). The number of aryl methyl sites for hydroxylation is 1. The van der Waals surface area contributed by atoms with Crippen LogP contribution in [-0.2, 0) is 17.9 Å². The summed E-state index contributed by atoms with van der Waals surface area (Å²) in [5.74, 6) is 0.461. The Hall–Kier alpha value is -3.28. The third-order valence-corrected chi connectivity index (χ3v) is 6.92. The third-order valence-electron chi connectivity index (χ3n) is 6.92. The highest BCUT2D eigenvalue weighted by atomic mass is 16.3. The van der Waals surface area contributed by atoms with Crippen LogP contribution in [0.5, 0.6) is 0 Å². The van der Waals surface area contributed by atoms with E-state index < -0.39 is 5.54 Å². The van der Waals surface area contributed by atoms with Crippen LogP contribution >= 0.6 is 0 Å². The first-order chi connectivity index (χ1) is 15.5. The Morgan fingerprint density at radius 3 is 2.50 bits per heavy atom. The van der Waals surface area contributed by atoms with Gasteiger partial charge >= 0.3 is 0 Å². The molecule has 3 aromatic rings. The van der Waals surface area contributed by atoms with Gasteiger partial charge in [-0.1, -0.05) is 42.7 Å². The molecule has 1 saturated carbocycles. The monoisotopic (exact) mass is 431 g/mol. The van der Waals surface area contributed by atoms with Crippen molar-refractivity contribution < 1.29 is 14.0 Å². The number of carbonyl (C=O) groups is 2. The predicted molar refractivity (Wildman–Crippen MR) is 122 cm³/mol. The molecule has 2 aliphatic rings. The number of hydrogen-bond donors (Lipinski definition) is 1. The van der Waals surface area contributed by atoms with E-state index in [0.29, 0.717) is 24.5 Å². The van der Waals surface area contributed by atoms with Crippen molar-refractivity contribution in [1.82, 2.24) is 14.8 Å². The molecular formula is C26H29N3O3. The maximum Gasteiger partial charge on any atom is 0.271 e. The Morgan fingerprint density at radius 2 is 1.81 bits per heavy atom. The van der Waals surface area contributed by atoms with Crippen LogP contribution in [-0.4, -0.2) is 32.9 Å². The lowest BCUT2D eigenvalue weighted by molar-refractivity contribution is -0.133. The average molecular weight is 432 g/mol. The van der Waals surface area contributed by atoms with Crippen LogP contribution in [0.3, 0.4) is 0 Å². The fraction of sp³-hybridized carbons (Fsp3) is 0.385. The Bertz CT molecular complexity index is 1120. The number of nitrogens with zero attached hydrogens (tertiary/aromatic N) is 2. The highest BCUT2D eigenvalue weighted by molar-refractivity contribution is 6.00. The lowest BCUT2D eigenvalue weighted by atomic mass is 9.93. The molecule has 2 amide bonds. The number of furan rings is 1. The zero-order chi connectivity index (χ0) is 22.3. The van der Waals surface area contributed by atoms with Crippen LogP contribution < -0.4 is 5.32 Å². The van der Waals surface area contributed by atoms with Crippen molar-refractivity contribution in [3.63, 3.8) is 0 Å². The number of fused-ring (bicyclic) bond motifs is 1. The zero-order valence-corrected chi connectivity index (χ0v) is 18.6. The fourth-order valence-corrected chi connectivity index (χ4v) is 4.95. The van der Waals surface area contributed by atoms with Crippen LogP contribution in [0.1, 0.15) is 54.2 Å². The molecule has 3 heterocycles. The largest absolute Gasteiger partial charge is 0.463 e. The van der Waals surface area contributed by atoms with E-state index in [1.165, 1.54) is 0 Å². The van der Waals surface area contributed by atoms with Crippen molar-refractivity contribution in [1.29, 1.82) is 0 Å². The van der Waals surface area contributed by atoms with E-state index in [-0.39, 0.29) is 17.9 Å². The minimum absolute atomic E-state index is 0.0883. The molecule has 6 heteroatoms. The molecule has 6 nitrogen and oxygen atoms in total. The molecule has 0 spiro atoms. The molecule has 2 aromatic heterocycles. The third kappa shape index (κ3) is 3.53. The summed E-state index contributed by atoms with van der Waals surface area (Å²) in [4.78, 5) is 29.1. The molecule has 1 N–H and O–H groups in total. The van der Waals surface area contributed by atoms with Gasteiger partial charge in [-0.25, -0.2) is 0 Å². The number of aromatic nitrogens is 1. The second-order valence-corrected chi connectivity index (χ2v) is 9.27. The molecule has 32 heavy (non-hydrogen) atoms. The van der Waals surface area contributed by atoms with Gasteiger partial charge in [0.2, 0.25) is 5.91 Å². The predicted octanol–water partition coefficient (Wildman–Crippen LogP) is 4.53. The Morgan fingerprint density at radius 1 is 1.09 bits per heavy atom. The van der Waals surface area contributed by atoms with Crippen molar-refractivity contribution in [3.05, 3.63) is 71.6 Å². The highest BCUT2D eigenvalue weighted by Crippen LogP contribution is 2.34. The van der Waals surface area contributed by atoms with E-state index >= 15 is 0 Å². The van der Waals surface area contributed by atoms with Crippen LogP contribution in [0, 0.1) is 6.92 Å². The molecule has 0 saturated heterocycles. The van der Waals surface area contributed by atoms with E-state index in [0.717, 1.165) is 42.5 Å². The number of carbonyl (C=O) groups excluding carboxylic acids is 2. The molecule has 1 atom stereocenters. The normalized spacial score (nSPS) is 21.1. The van der Waals surface area contributed by atoms with Gasteiger partial charge in [0.05, 0.1) is 18.5 Å². The van der Waals surface area contributed by atoms with Crippen molar-refractivity contribution >= 4 is 11.8 Å². The lowest BCUT2D eigenvalue weighted by Gasteiger charge is -2.44. The number of hydrogen-bond acceptors (Lipinski definition) is 3. The van der Waals surface area contributed by atoms with Gasteiger partial charge in [0, 0.05) is 12.6 Å². The zero-order valence-electron chi connectivity index (χ0n) is 18.6. The van der Waals surface area contributed by atoms with E-state index in [2.05, 4.69) is 5.32 Å². The second-order valence-electron chi connectivity index (χ2n) is 9.27. The molecule has 1 aliphatic heterocycles. The summed E-state index contributed by atoms with van der Waals surface area (Å²) >= 11 is 0. The summed E-state index contributed by atoms with van der Waals surface area (Å²) < 4.78 is 7.53. The first kappa shape index (κ1) is 20.6. The van der Waals surface area contributed by atoms with Gasteiger partial charge in [-0.15, -0.1) is 0 Å². The first-order valence-corrected chi connectivity index (χ1v) is 11.4. The molecule has 0 bridgehead atoms. The van der Waals surface area contributed by atoms with E-state index in [1.54, 1.807) is 11.2 Å². The SMILES string of the molecule is Cc1ccc(CN2C(=O)c3ccc(-c4ccco4)n3CC2(C)C(=O)NC2CCCC2)cc1. The Balaban J connectivity index is 1.54. The van der Waals surface area contributed by atoms with Gasteiger partial charge in [-0.3, -0.25) is 9.59 Å². The molecule has 5 rings (SSSR count). The minimum atomic E-state index is -1.02. The summed E-state index contributed by atoms with van der Waals surface area (Å²) in [6, 6.07) is 15.8. The summed E-state index contributed by atoms with van der Waals surface area (Å²) in [5.41, 5.74) is 2.55. The first-order valence-electron chi connectivity index (χ1n) is 11.4. The van der Waals surface area contributed by atoms with Gasteiger partial charge in [0.1, 0.15) is 17.0 Å². The van der Waals surface area contributed by atoms with E-state index in [4.69, 9.17) is 4.42 Å². The topological polar surface area (TPSA) is 67.5 Å². The minimum Gasteiger partial charge on any atom is -0.463 e. The van der Waals surface area contributed by atoms with Crippen molar-refractivity contribution in [2.45, 2.75) is 64.2 Å². The number of nitrogens with one attached hydrogen (secondary N) is 1. The number of rotatable bonds is 5.